The second-order valence-corrected chi connectivity index (χ2v) is 7.39. The van der Waals surface area contributed by atoms with Crippen molar-refractivity contribution in [3.63, 3.8) is 0 Å². The molecule has 32 heavy (non-hydrogen) atoms. The van der Waals surface area contributed by atoms with Crippen LogP contribution in [-0.4, -0.2) is 31.7 Å². The van der Waals surface area contributed by atoms with Crippen LogP contribution in [0.15, 0.2) is 79.1 Å². The molecule has 1 aromatic heterocycles. The highest BCUT2D eigenvalue weighted by molar-refractivity contribution is 6.13. The molecule has 0 saturated heterocycles. The molecule has 0 bridgehead atoms. The van der Waals surface area contributed by atoms with Gasteiger partial charge in [0.25, 0.3) is 0 Å². The predicted molar refractivity (Wildman–Crippen MR) is 125 cm³/mol. The summed E-state index contributed by atoms with van der Waals surface area (Å²) >= 11 is 0. The van der Waals surface area contributed by atoms with Crippen molar-refractivity contribution in [1.29, 1.82) is 0 Å². The molecule has 162 valence electrons. The second kappa shape index (κ2) is 9.02. The van der Waals surface area contributed by atoms with Crippen molar-refractivity contribution in [1.82, 2.24) is 4.57 Å². The molecule has 0 fully saturated rings. The van der Waals surface area contributed by atoms with Crippen LogP contribution in [0, 0.1) is 6.92 Å². The molecule has 5 nitrogen and oxygen atoms in total. The van der Waals surface area contributed by atoms with Crippen LogP contribution in [0.3, 0.4) is 0 Å². The van der Waals surface area contributed by atoms with Gasteiger partial charge in [0, 0.05) is 34.8 Å². The number of aryl methyl sites for hydroxylation is 1. The predicted octanol–water partition coefficient (Wildman–Crippen LogP) is 5.71. The fourth-order valence-corrected chi connectivity index (χ4v) is 3.84. The summed E-state index contributed by atoms with van der Waals surface area (Å²) in [6.07, 6.45) is 3.88. The fourth-order valence-electron chi connectivity index (χ4n) is 3.84. The van der Waals surface area contributed by atoms with Crippen molar-refractivity contribution in [3.8, 4) is 34.1 Å². The quantitative estimate of drug-likeness (QED) is 0.355. The summed E-state index contributed by atoms with van der Waals surface area (Å²) in [5.41, 5.74) is 5.00. The minimum absolute atomic E-state index is 0.128. The Hall–Kier alpha value is -3.99. The third-order valence-corrected chi connectivity index (χ3v) is 5.49. The summed E-state index contributed by atoms with van der Waals surface area (Å²) in [6.45, 7) is 2.04. The molecule has 1 heterocycles. The monoisotopic (exact) mass is 427 g/mol. The normalized spacial score (nSPS) is 10.6. The summed E-state index contributed by atoms with van der Waals surface area (Å²) in [7, 11) is 4.62. The first-order valence-corrected chi connectivity index (χ1v) is 10.3. The lowest BCUT2D eigenvalue weighted by Crippen LogP contribution is -2.05. The Morgan fingerprint density at radius 2 is 1.38 bits per heavy atom. The number of benzene rings is 3. The van der Waals surface area contributed by atoms with E-state index in [-0.39, 0.29) is 5.78 Å². The molecular formula is C27H25NO4. The van der Waals surface area contributed by atoms with Gasteiger partial charge in [-0.2, -0.15) is 0 Å². The molecule has 0 N–H and O–H groups in total. The number of hydrogen-bond acceptors (Lipinski definition) is 4. The van der Waals surface area contributed by atoms with Gasteiger partial charge in [-0.05, 0) is 42.3 Å². The average Bonchev–Trinajstić information content (AvgIpc) is 3.28. The van der Waals surface area contributed by atoms with Crippen LogP contribution in [0.2, 0.25) is 0 Å². The topological polar surface area (TPSA) is 49.7 Å². The van der Waals surface area contributed by atoms with E-state index in [0.717, 1.165) is 22.4 Å². The van der Waals surface area contributed by atoms with E-state index in [1.165, 1.54) is 21.3 Å². The zero-order chi connectivity index (χ0) is 22.7. The van der Waals surface area contributed by atoms with Crippen LogP contribution in [0.25, 0.3) is 16.8 Å². The molecule has 0 radical (unpaired) electrons. The summed E-state index contributed by atoms with van der Waals surface area (Å²) in [5.74, 6) is 1.20. The van der Waals surface area contributed by atoms with Gasteiger partial charge in [0.2, 0.25) is 5.75 Å². The molecule has 0 atom stereocenters. The minimum atomic E-state index is -0.128. The van der Waals surface area contributed by atoms with Crippen LogP contribution in [0.1, 0.15) is 21.5 Å². The summed E-state index contributed by atoms with van der Waals surface area (Å²) in [4.78, 5) is 13.8. The Labute approximate surface area is 187 Å². The highest BCUT2D eigenvalue weighted by Gasteiger charge is 2.23. The third-order valence-electron chi connectivity index (χ3n) is 5.49. The Bertz CT molecular complexity index is 1230. The van der Waals surface area contributed by atoms with Gasteiger partial charge in [0.15, 0.2) is 17.3 Å². The van der Waals surface area contributed by atoms with Gasteiger partial charge in [-0.25, -0.2) is 0 Å². The van der Waals surface area contributed by atoms with Gasteiger partial charge in [0.1, 0.15) is 0 Å². The van der Waals surface area contributed by atoms with Crippen molar-refractivity contribution in [2.45, 2.75) is 6.92 Å². The maximum absolute atomic E-state index is 13.8. The third kappa shape index (κ3) is 3.85. The number of nitrogens with zero attached hydrogens (tertiary/aromatic N) is 1. The number of carbonyl (C=O) groups is 1. The van der Waals surface area contributed by atoms with Gasteiger partial charge < -0.3 is 18.8 Å². The van der Waals surface area contributed by atoms with E-state index in [2.05, 4.69) is 0 Å². The molecule has 0 amide bonds. The van der Waals surface area contributed by atoms with Crippen LogP contribution >= 0.6 is 0 Å². The minimum Gasteiger partial charge on any atom is -0.493 e. The van der Waals surface area contributed by atoms with E-state index < -0.39 is 0 Å². The van der Waals surface area contributed by atoms with E-state index in [9.17, 15) is 4.79 Å². The largest absolute Gasteiger partial charge is 0.493 e. The summed E-state index contributed by atoms with van der Waals surface area (Å²) in [6, 6.07) is 21.4. The van der Waals surface area contributed by atoms with E-state index in [0.29, 0.717) is 28.4 Å². The van der Waals surface area contributed by atoms with Crippen molar-refractivity contribution in [3.05, 3.63) is 95.8 Å². The van der Waals surface area contributed by atoms with Gasteiger partial charge in [0.05, 0.1) is 21.3 Å². The smallest absolute Gasteiger partial charge is 0.203 e. The number of carbonyl (C=O) groups excluding carboxylic acids is 1. The Morgan fingerprint density at radius 3 is 1.97 bits per heavy atom. The molecule has 4 aromatic rings. The van der Waals surface area contributed by atoms with E-state index in [1.807, 2.05) is 78.5 Å². The fraction of sp³-hybridized carbons (Fsp3) is 0.148. The Balaban J connectivity index is 1.90. The van der Waals surface area contributed by atoms with Crippen molar-refractivity contribution >= 4 is 5.78 Å². The van der Waals surface area contributed by atoms with Gasteiger partial charge in [-0.3, -0.25) is 4.79 Å². The number of hydrogen-bond donors (Lipinski definition) is 0. The van der Waals surface area contributed by atoms with Crippen molar-refractivity contribution < 1.29 is 19.0 Å². The molecule has 5 heteroatoms. The van der Waals surface area contributed by atoms with Crippen molar-refractivity contribution in [2.75, 3.05) is 21.3 Å². The molecule has 0 spiro atoms. The van der Waals surface area contributed by atoms with Gasteiger partial charge >= 0.3 is 0 Å². The van der Waals surface area contributed by atoms with E-state index in [1.54, 1.807) is 12.1 Å². The van der Waals surface area contributed by atoms with E-state index >= 15 is 0 Å². The first kappa shape index (κ1) is 21.2. The average molecular weight is 428 g/mol. The summed E-state index contributed by atoms with van der Waals surface area (Å²) in [5, 5.41) is 0. The molecule has 0 aliphatic rings. The molecule has 3 aromatic carbocycles. The Kier molecular flexibility index (Phi) is 5.99. The maximum Gasteiger partial charge on any atom is 0.203 e. The Morgan fingerprint density at radius 1 is 0.750 bits per heavy atom. The standard InChI is InChI=1S/C27H25NO4/c1-18-10-8-9-13-21(18)22-16-28(20-11-6-5-7-12-20)17-23(22)26(29)19-14-24(30-2)27(32-4)25(15-19)31-3/h5-17H,1-4H3. The van der Waals surface area contributed by atoms with Crippen LogP contribution in [0.5, 0.6) is 17.2 Å². The number of aromatic nitrogens is 1. The molecule has 0 aliphatic heterocycles. The molecule has 0 aliphatic carbocycles. The molecular weight excluding hydrogens is 402 g/mol. The number of methoxy groups -OCH3 is 3. The number of ketones is 1. The zero-order valence-electron chi connectivity index (χ0n) is 18.6. The lowest BCUT2D eigenvalue weighted by atomic mass is 9.95. The number of ether oxygens (including phenoxy) is 3. The summed E-state index contributed by atoms with van der Waals surface area (Å²) < 4.78 is 18.3. The zero-order valence-corrected chi connectivity index (χ0v) is 18.6. The maximum atomic E-state index is 13.8. The number of para-hydroxylation sites is 1. The molecule has 0 saturated carbocycles. The van der Waals surface area contributed by atoms with Crippen molar-refractivity contribution in [2.24, 2.45) is 0 Å². The van der Waals surface area contributed by atoms with Crippen LogP contribution in [-0.2, 0) is 0 Å². The highest BCUT2D eigenvalue weighted by atomic mass is 16.5. The second-order valence-electron chi connectivity index (χ2n) is 7.39. The molecule has 4 rings (SSSR count). The first-order chi connectivity index (χ1) is 15.6. The lowest BCUT2D eigenvalue weighted by Gasteiger charge is -2.14. The van der Waals surface area contributed by atoms with Crippen LogP contribution < -0.4 is 14.2 Å². The number of rotatable bonds is 7. The van der Waals surface area contributed by atoms with Gasteiger partial charge in [-0.15, -0.1) is 0 Å². The molecule has 0 unspecified atom stereocenters. The lowest BCUT2D eigenvalue weighted by molar-refractivity contribution is 0.103. The first-order valence-electron chi connectivity index (χ1n) is 10.3. The SMILES string of the molecule is COc1cc(C(=O)c2cn(-c3ccccc3)cc2-c2ccccc2C)cc(OC)c1OC. The van der Waals surface area contributed by atoms with Gasteiger partial charge in [-0.1, -0.05) is 42.5 Å². The van der Waals surface area contributed by atoms with E-state index in [4.69, 9.17) is 14.2 Å². The van der Waals surface area contributed by atoms with Crippen LogP contribution in [0.4, 0.5) is 0 Å². The highest BCUT2D eigenvalue weighted by Crippen LogP contribution is 2.39.